The molecule has 0 aromatic rings. The van der Waals surface area contributed by atoms with Crippen molar-refractivity contribution in [3.8, 4) is 0 Å². The predicted molar refractivity (Wildman–Crippen MR) is 56.1 cm³/mol. The van der Waals surface area contributed by atoms with Crippen LogP contribution in [0.5, 0.6) is 0 Å². The van der Waals surface area contributed by atoms with E-state index in [1.807, 2.05) is 0 Å². The van der Waals surface area contributed by atoms with Gasteiger partial charge in [-0.15, -0.1) is 33.2 Å². The van der Waals surface area contributed by atoms with Crippen molar-refractivity contribution in [2.24, 2.45) is 0 Å². The molecule has 0 aromatic heterocycles. The highest BCUT2D eigenvalue weighted by Gasteiger charge is 2.41. The molecule has 0 N–H and O–H groups in total. The van der Waals surface area contributed by atoms with E-state index >= 15 is 0 Å². The molecule has 0 aliphatic heterocycles. The Balaban J connectivity index is 4.23. The Morgan fingerprint density at radius 1 is 1.00 bits per heavy atom. The summed E-state index contributed by atoms with van der Waals surface area (Å²) in [4.78, 5) is 0. The third-order valence-corrected chi connectivity index (χ3v) is 13.9. The summed E-state index contributed by atoms with van der Waals surface area (Å²) in [5.41, 5.74) is 0. The lowest BCUT2D eigenvalue weighted by Crippen LogP contribution is -2.37. The maximum Gasteiger partial charge on any atom is 0.341 e. The van der Waals surface area contributed by atoms with E-state index in [9.17, 15) is 0 Å². The summed E-state index contributed by atoms with van der Waals surface area (Å²) in [6.45, 7) is 8.75. The quantitative estimate of drug-likeness (QED) is 0.503. The van der Waals surface area contributed by atoms with Crippen LogP contribution in [-0.4, -0.2) is 14.1 Å². The second kappa shape index (κ2) is 3.36. The minimum absolute atomic E-state index is 0.338. The molecule has 0 heterocycles. The maximum atomic E-state index is 5.87. The van der Waals surface area contributed by atoms with Crippen LogP contribution in [0.15, 0.2) is 0 Å². The van der Waals surface area contributed by atoms with Gasteiger partial charge in [-0.25, -0.2) is 0 Å². The molecule has 0 fully saturated rings. The Kier molecular flexibility index (Phi) is 3.79. The summed E-state index contributed by atoms with van der Waals surface area (Å²) in [5.74, 6) is 0. The smallest absolute Gasteiger partial charge is 0.126 e. The zero-order valence-electron chi connectivity index (χ0n) is 6.71. The van der Waals surface area contributed by atoms with E-state index in [0.717, 1.165) is 0 Å². The fourth-order valence-electron chi connectivity index (χ4n) is 0.491. The topological polar surface area (TPSA) is 0 Å². The van der Waals surface area contributed by atoms with Crippen molar-refractivity contribution in [3.05, 3.63) is 0 Å². The molecule has 0 aliphatic carbocycles. The normalized spacial score (nSPS) is 17.1. The number of hydrogen-bond acceptors (Lipinski definition) is 0. The van der Waals surface area contributed by atoms with E-state index in [1.165, 1.54) is 0 Å². The Bertz CT molecular complexity index is 99.0. The number of halogens is 3. The van der Waals surface area contributed by atoms with Crippen LogP contribution in [0.4, 0.5) is 0 Å². The molecule has 5 heteroatoms. The van der Waals surface area contributed by atoms with Crippen molar-refractivity contribution in [2.45, 2.75) is 31.7 Å². The average Bonchev–Trinajstić information content (AvgIpc) is 1.59. The Labute approximate surface area is 79.0 Å². The van der Waals surface area contributed by atoms with E-state index in [4.69, 9.17) is 33.2 Å². The summed E-state index contributed by atoms with van der Waals surface area (Å²) in [6, 6.07) is -2.42. The van der Waals surface area contributed by atoms with Crippen LogP contribution in [0.3, 0.4) is 0 Å². The molecule has 0 radical (unpaired) electrons. The van der Waals surface area contributed by atoms with Gasteiger partial charge in [-0.1, -0.05) is 26.6 Å². The van der Waals surface area contributed by atoms with Crippen molar-refractivity contribution in [2.75, 3.05) is 0 Å². The van der Waals surface area contributed by atoms with Crippen LogP contribution in [-0.2, 0) is 0 Å². The maximum absolute atomic E-state index is 5.87. The van der Waals surface area contributed by atoms with Crippen molar-refractivity contribution in [1.29, 1.82) is 0 Å². The molecule has 10 heavy (non-hydrogen) atoms. The van der Waals surface area contributed by atoms with Gasteiger partial charge < -0.3 is 0 Å². The van der Waals surface area contributed by atoms with Crippen molar-refractivity contribution in [1.82, 2.24) is 0 Å². The number of hydrogen-bond donors (Lipinski definition) is 0. The first-order chi connectivity index (χ1) is 4.15. The van der Waals surface area contributed by atoms with E-state index in [0.29, 0.717) is 5.16 Å². The van der Waals surface area contributed by atoms with E-state index in [2.05, 4.69) is 26.6 Å². The zero-order valence-corrected chi connectivity index (χ0v) is 11.0. The van der Waals surface area contributed by atoms with Gasteiger partial charge in [0.15, 0.2) is 0 Å². The molecule has 0 spiro atoms. The van der Waals surface area contributed by atoms with Crippen LogP contribution in [0.25, 0.3) is 0 Å². The zero-order chi connectivity index (χ0) is 8.58. The second-order valence-corrected chi connectivity index (χ2v) is 18.9. The highest BCUT2D eigenvalue weighted by Crippen LogP contribution is 2.39. The van der Waals surface area contributed by atoms with Crippen molar-refractivity contribution >= 4 is 47.3 Å². The molecule has 1 atom stereocenters. The van der Waals surface area contributed by atoms with Gasteiger partial charge in [0.1, 0.15) is 0 Å². The van der Waals surface area contributed by atoms with Crippen LogP contribution in [0.1, 0.15) is 6.92 Å². The van der Waals surface area contributed by atoms with E-state index in [-0.39, 0.29) is 0 Å². The largest absolute Gasteiger partial charge is 0.341 e. The fourth-order valence-corrected chi connectivity index (χ4v) is 13.3. The molecular formula is C5H13Cl3Si2. The third-order valence-electron chi connectivity index (χ3n) is 1.79. The Hall–Kier alpha value is 1.30. The monoisotopic (exact) mass is 234 g/mol. The molecule has 0 rings (SSSR count). The van der Waals surface area contributed by atoms with Gasteiger partial charge in [0.2, 0.25) is 0 Å². The van der Waals surface area contributed by atoms with Gasteiger partial charge in [-0.3, -0.25) is 0 Å². The first kappa shape index (κ1) is 11.3. The fraction of sp³-hybridized carbons (Fsp3) is 1.00. The summed E-state index contributed by atoms with van der Waals surface area (Å²) < 4.78 is 0. The Morgan fingerprint density at radius 2 is 1.30 bits per heavy atom. The highest BCUT2D eigenvalue weighted by molar-refractivity contribution is 7.66. The van der Waals surface area contributed by atoms with Gasteiger partial charge in [0, 0.05) is 8.07 Å². The predicted octanol–water partition coefficient (Wildman–Crippen LogP) is 3.91. The molecule has 0 bridgehead atoms. The van der Waals surface area contributed by atoms with Gasteiger partial charge >= 0.3 is 6.00 Å². The lowest BCUT2D eigenvalue weighted by molar-refractivity contribution is 1.24. The Morgan fingerprint density at radius 3 is 1.30 bits per heavy atom. The molecule has 0 amide bonds. The van der Waals surface area contributed by atoms with Gasteiger partial charge in [-0.05, 0) is 5.16 Å². The lowest BCUT2D eigenvalue weighted by atomic mass is 10.9. The third kappa shape index (κ3) is 3.62. The van der Waals surface area contributed by atoms with Gasteiger partial charge in [0.25, 0.3) is 0 Å². The summed E-state index contributed by atoms with van der Waals surface area (Å²) in [5, 5.41) is 0.338. The molecule has 0 nitrogen and oxygen atoms in total. The molecule has 0 aliphatic rings. The second-order valence-electron chi connectivity index (χ2n) is 3.63. The molecule has 0 aromatic carbocycles. The average molecular weight is 236 g/mol. The van der Waals surface area contributed by atoms with Crippen LogP contribution in [0, 0.1) is 0 Å². The van der Waals surface area contributed by atoms with Crippen LogP contribution >= 0.6 is 33.2 Å². The lowest BCUT2D eigenvalue weighted by Gasteiger charge is -2.29. The van der Waals surface area contributed by atoms with E-state index in [1.54, 1.807) is 0 Å². The molecule has 0 saturated heterocycles. The van der Waals surface area contributed by atoms with Crippen LogP contribution < -0.4 is 0 Å². The van der Waals surface area contributed by atoms with E-state index < -0.39 is 14.1 Å². The van der Waals surface area contributed by atoms with Gasteiger partial charge in [-0.2, -0.15) is 0 Å². The summed E-state index contributed by atoms with van der Waals surface area (Å²) in [6.07, 6.45) is 0. The van der Waals surface area contributed by atoms with Crippen molar-refractivity contribution in [3.63, 3.8) is 0 Å². The SMILES string of the molecule is CC([Si](C)(C)C)[Si](Cl)(Cl)Cl. The molecule has 62 valence electrons. The molecular weight excluding hydrogens is 223 g/mol. The number of rotatable bonds is 2. The molecule has 1 unspecified atom stereocenters. The first-order valence-electron chi connectivity index (χ1n) is 3.22. The highest BCUT2D eigenvalue weighted by atomic mass is 35.8. The van der Waals surface area contributed by atoms with Gasteiger partial charge in [0.05, 0.1) is 0 Å². The molecule has 0 saturated carbocycles. The minimum atomic E-state index is -2.42. The van der Waals surface area contributed by atoms with Crippen LogP contribution in [0.2, 0.25) is 24.8 Å². The van der Waals surface area contributed by atoms with Crippen molar-refractivity contribution < 1.29 is 0 Å². The summed E-state index contributed by atoms with van der Waals surface area (Å²) in [7, 11) is -1.23. The standard InChI is InChI=1S/C5H13Cl3Si2/c1-5(9(2,3)4)10(6,7)8/h5H,1-4H3. The minimum Gasteiger partial charge on any atom is -0.126 e. The summed E-state index contributed by atoms with van der Waals surface area (Å²) >= 11 is 17.6. The first-order valence-corrected chi connectivity index (χ1v) is 11.9.